The van der Waals surface area contributed by atoms with Gasteiger partial charge in [-0.25, -0.2) is 0 Å². The van der Waals surface area contributed by atoms with E-state index in [9.17, 15) is 9.59 Å². The molecule has 8 heteroatoms. The first-order valence-corrected chi connectivity index (χ1v) is 13.4. The second kappa shape index (κ2) is 8.92. The summed E-state index contributed by atoms with van der Waals surface area (Å²) in [5, 5.41) is 3.17. The van der Waals surface area contributed by atoms with Crippen molar-refractivity contribution in [2.75, 3.05) is 46.1 Å². The maximum Gasteiger partial charge on any atom is 0.251 e. The van der Waals surface area contributed by atoms with Crippen molar-refractivity contribution in [3.63, 3.8) is 0 Å². The number of fused-ring (bicyclic) bond motifs is 8. The first-order valence-electron chi connectivity index (χ1n) is 13.4. The Bertz CT molecular complexity index is 1230. The summed E-state index contributed by atoms with van der Waals surface area (Å²) in [6, 6.07) is 11.6. The Morgan fingerprint density at radius 2 is 1.94 bits per heavy atom. The smallest absolute Gasteiger partial charge is 0.251 e. The highest BCUT2D eigenvalue weighted by atomic mass is 16.7. The minimum Gasteiger partial charge on any atom is -0.454 e. The van der Waals surface area contributed by atoms with Gasteiger partial charge in [0, 0.05) is 68.6 Å². The van der Waals surface area contributed by atoms with Crippen molar-refractivity contribution >= 4 is 5.91 Å². The average molecular weight is 491 g/mol. The lowest BCUT2D eigenvalue weighted by atomic mass is 9.74. The molecule has 0 aliphatic carbocycles. The molecule has 1 unspecified atom stereocenters. The van der Waals surface area contributed by atoms with E-state index in [4.69, 9.17) is 9.47 Å². The first kappa shape index (κ1) is 22.4. The van der Waals surface area contributed by atoms with E-state index in [1.54, 1.807) is 24.3 Å². The Balaban J connectivity index is 0.950. The van der Waals surface area contributed by atoms with Crippen LogP contribution >= 0.6 is 0 Å². The molecule has 1 amide bonds. The fourth-order valence-electron chi connectivity index (χ4n) is 7.50. The number of benzene rings is 1. The number of likely N-dealkylation sites (tertiary alicyclic amines) is 1. The van der Waals surface area contributed by atoms with Crippen molar-refractivity contribution in [2.45, 2.75) is 37.8 Å². The number of piperidine rings is 4. The van der Waals surface area contributed by atoms with Crippen LogP contribution in [0.1, 0.15) is 41.2 Å². The summed E-state index contributed by atoms with van der Waals surface area (Å²) in [5.74, 6) is 3.76. The molecule has 0 spiro atoms. The Labute approximate surface area is 211 Å². The molecular weight excluding hydrogens is 456 g/mol. The number of aromatic nitrogens is 1. The third-order valence-electron chi connectivity index (χ3n) is 9.20. The van der Waals surface area contributed by atoms with Gasteiger partial charge in [0.05, 0.1) is 0 Å². The van der Waals surface area contributed by atoms with Gasteiger partial charge in [0.25, 0.3) is 11.5 Å². The average Bonchev–Trinajstić information content (AvgIpc) is 3.37. The highest BCUT2D eigenvalue weighted by Crippen LogP contribution is 2.39. The number of ether oxygens (including phenoxy) is 2. The summed E-state index contributed by atoms with van der Waals surface area (Å²) >= 11 is 0. The van der Waals surface area contributed by atoms with E-state index in [-0.39, 0.29) is 18.3 Å². The SMILES string of the molecule is O=C(NC[C@H]1C[C@@H]2CCN1C[C@@H]2CN1C[C@@H]2C[C@H](C1)c1cccc(=O)n1C2)c1ccc2c(c1)OCO2. The third-order valence-corrected chi connectivity index (χ3v) is 9.20. The van der Waals surface area contributed by atoms with Crippen LogP contribution < -0.4 is 20.3 Å². The number of nitrogens with one attached hydrogen (secondary N) is 1. The standard InChI is InChI=1S/C28H34N4O4/c33-27-3-1-2-24-21-8-18(13-32(24)27)12-30(14-21)15-22-16-31-7-6-19(22)9-23(31)11-29-28(34)20-4-5-25-26(10-20)36-17-35-25/h1-5,10,18-19,21-23H,6-9,11-17H2,(H,29,34)/t18-,19-,21+,22-,23+/m0/s1. The molecule has 4 bridgehead atoms. The topological polar surface area (TPSA) is 76.0 Å². The zero-order chi connectivity index (χ0) is 24.2. The fraction of sp³-hybridized carbons (Fsp3) is 0.571. The van der Waals surface area contributed by atoms with Crippen LogP contribution in [0, 0.1) is 17.8 Å². The van der Waals surface area contributed by atoms with Crippen LogP contribution in [0.2, 0.25) is 0 Å². The number of rotatable bonds is 5. The molecule has 4 fully saturated rings. The molecule has 1 N–H and O–H groups in total. The minimum absolute atomic E-state index is 0.0493. The van der Waals surface area contributed by atoms with Gasteiger partial charge >= 0.3 is 0 Å². The van der Waals surface area contributed by atoms with Gasteiger partial charge < -0.3 is 24.3 Å². The lowest BCUT2D eigenvalue weighted by Crippen LogP contribution is -2.59. The van der Waals surface area contributed by atoms with Crippen LogP contribution in [-0.4, -0.2) is 72.4 Å². The number of hydrogen-bond donors (Lipinski definition) is 1. The molecule has 6 aliphatic heterocycles. The number of nitrogens with zero attached hydrogens (tertiary/aromatic N) is 3. The summed E-state index contributed by atoms with van der Waals surface area (Å²) in [4.78, 5) is 30.4. The highest BCUT2D eigenvalue weighted by molar-refractivity contribution is 5.94. The molecular formula is C28H34N4O4. The Kier molecular flexibility index (Phi) is 5.54. The van der Waals surface area contributed by atoms with Crippen LogP contribution in [0.3, 0.4) is 0 Å². The number of carbonyl (C=O) groups is 1. The Hall–Kier alpha value is -2.84. The Morgan fingerprint density at radius 1 is 1.03 bits per heavy atom. The highest BCUT2D eigenvalue weighted by Gasteiger charge is 2.42. The summed E-state index contributed by atoms with van der Waals surface area (Å²) in [6.45, 7) is 7.36. The zero-order valence-corrected chi connectivity index (χ0v) is 20.6. The van der Waals surface area contributed by atoms with E-state index in [0.29, 0.717) is 47.4 Å². The summed E-state index contributed by atoms with van der Waals surface area (Å²) < 4.78 is 12.8. The molecule has 8 rings (SSSR count). The van der Waals surface area contributed by atoms with Gasteiger partial charge in [-0.2, -0.15) is 0 Å². The van der Waals surface area contributed by atoms with Crippen molar-refractivity contribution in [3.8, 4) is 11.5 Å². The summed E-state index contributed by atoms with van der Waals surface area (Å²) in [6.07, 6.45) is 3.63. The number of hydrogen-bond acceptors (Lipinski definition) is 6. The van der Waals surface area contributed by atoms with Crippen molar-refractivity contribution in [1.29, 1.82) is 0 Å². The third kappa shape index (κ3) is 4.00. The second-order valence-electron chi connectivity index (χ2n) is 11.4. The van der Waals surface area contributed by atoms with Crippen molar-refractivity contribution < 1.29 is 14.3 Å². The molecule has 7 heterocycles. The first-order chi connectivity index (χ1) is 17.6. The van der Waals surface area contributed by atoms with Crippen LogP contribution in [0.25, 0.3) is 0 Å². The number of carbonyl (C=O) groups excluding carboxylic acids is 1. The second-order valence-corrected chi connectivity index (χ2v) is 11.4. The van der Waals surface area contributed by atoms with Crippen molar-refractivity contribution in [3.05, 3.63) is 58.0 Å². The van der Waals surface area contributed by atoms with Crippen LogP contribution in [-0.2, 0) is 6.54 Å². The molecule has 190 valence electrons. The maximum atomic E-state index is 12.8. The van der Waals surface area contributed by atoms with E-state index in [0.717, 1.165) is 51.6 Å². The predicted octanol–water partition coefficient (Wildman–Crippen LogP) is 2.14. The monoisotopic (exact) mass is 490 g/mol. The van der Waals surface area contributed by atoms with Crippen LogP contribution in [0.15, 0.2) is 41.2 Å². The fourth-order valence-corrected chi connectivity index (χ4v) is 7.50. The largest absolute Gasteiger partial charge is 0.454 e. The summed E-state index contributed by atoms with van der Waals surface area (Å²) in [7, 11) is 0. The van der Waals surface area contributed by atoms with Gasteiger partial charge in [0.2, 0.25) is 6.79 Å². The van der Waals surface area contributed by atoms with Crippen LogP contribution in [0.5, 0.6) is 11.5 Å². The van der Waals surface area contributed by atoms with Gasteiger partial charge in [-0.05, 0) is 67.8 Å². The zero-order valence-electron chi connectivity index (χ0n) is 20.6. The van der Waals surface area contributed by atoms with E-state index in [1.807, 2.05) is 10.6 Å². The van der Waals surface area contributed by atoms with E-state index < -0.39 is 0 Å². The van der Waals surface area contributed by atoms with Gasteiger partial charge in [0.1, 0.15) is 0 Å². The van der Waals surface area contributed by atoms with Gasteiger partial charge in [-0.15, -0.1) is 0 Å². The normalized spacial score (nSPS) is 32.2. The quantitative estimate of drug-likeness (QED) is 0.692. The van der Waals surface area contributed by atoms with Crippen LogP contribution in [0.4, 0.5) is 0 Å². The Morgan fingerprint density at radius 3 is 2.83 bits per heavy atom. The number of amides is 1. The molecule has 6 atom stereocenters. The van der Waals surface area contributed by atoms with Crippen molar-refractivity contribution in [1.82, 2.24) is 19.7 Å². The molecule has 36 heavy (non-hydrogen) atoms. The molecule has 4 saturated heterocycles. The molecule has 2 aromatic rings. The van der Waals surface area contributed by atoms with Gasteiger partial charge in [0.15, 0.2) is 11.5 Å². The maximum absolute atomic E-state index is 12.8. The predicted molar refractivity (Wildman–Crippen MR) is 134 cm³/mol. The molecule has 1 aromatic carbocycles. The van der Waals surface area contributed by atoms with E-state index in [2.05, 4.69) is 21.2 Å². The lowest BCUT2D eigenvalue weighted by Gasteiger charge is -2.52. The van der Waals surface area contributed by atoms with Crippen molar-refractivity contribution in [2.24, 2.45) is 17.8 Å². The minimum atomic E-state index is -0.0493. The van der Waals surface area contributed by atoms with E-state index in [1.165, 1.54) is 18.5 Å². The summed E-state index contributed by atoms with van der Waals surface area (Å²) in [5.41, 5.74) is 2.01. The number of pyridine rings is 1. The molecule has 0 radical (unpaired) electrons. The molecule has 8 nitrogen and oxygen atoms in total. The molecule has 6 aliphatic rings. The lowest BCUT2D eigenvalue weighted by molar-refractivity contribution is -0.0197. The van der Waals surface area contributed by atoms with Gasteiger partial charge in [-0.3, -0.25) is 14.5 Å². The molecule has 1 aromatic heterocycles. The molecule has 0 saturated carbocycles. The van der Waals surface area contributed by atoms with Gasteiger partial charge in [-0.1, -0.05) is 6.07 Å². The van der Waals surface area contributed by atoms with E-state index >= 15 is 0 Å².